The molecule has 3 aromatic heterocycles. The van der Waals surface area contributed by atoms with Crippen molar-refractivity contribution in [3.8, 4) is 11.3 Å². The van der Waals surface area contributed by atoms with Crippen LogP contribution in [0.2, 0.25) is 0 Å². The number of hydrogen-bond donors (Lipinski definition) is 0. The van der Waals surface area contributed by atoms with E-state index in [0.717, 1.165) is 16.8 Å². The molecule has 3 heterocycles. The summed E-state index contributed by atoms with van der Waals surface area (Å²) in [5.74, 6) is 1.23. The third-order valence-electron chi connectivity index (χ3n) is 4.57. The lowest BCUT2D eigenvalue weighted by atomic mass is 10.1. The fraction of sp³-hybridized carbons (Fsp3) is 0.136. The molecule has 146 valence electrons. The standard InChI is InChI=1S/C22H18BrN3O3/c1-15-19(21(25-29-15)16-5-3-2-4-6-16)14-26(13-18-7-8-20(23)28-18)22(27)17-9-11-24-12-10-17/h2-12H,13-14H2,1H3. The van der Waals surface area contributed by atoms with E-state index in [9.17, 15) is 4.79 Å². The highest BCUT2D eigenvalue weighted by Crippen LogP contribution is 2.28. The molecule has 0 saturated carbocycles. The molecule has 0 unspecified atom stereocenters. The van der Waals surface area contributed by atoms with E-state index < -0.39 is 0 Å². The summed E-state index contributed by atoms with van der Waals surface area (Å²) in [4.78, 5) is 18.9. The number of aryl methyl sites for hydroxylation is 1. The third-order valence-corrected chi connectivity index (χ3v) is 5.00. The van der Waals surface area contributed by atoms with Crippen molar-refractivity contribution >= 4 is 21.8 Å². The number of aromatic nitrogens is 2. The normalized spacial score (nSPS) is 10.8. The molecule has 0 N–H and O–H groups in total. The van der Waals surface area contributed by atoms with Gasteiger partial charge in [0.15, 0.2) is 4.67 Å². The highest BCUT2D eigenvalue weighted by Gasteiger charge is 2.23. The Kier molecular flexibility index (Phi) is 5.57. The number of furan rings is 1. The quantitative estimate of drug-likeness (QED) is 0.400. The van der Waals surface area contributed by atoms with Gasteiger partial charge in [0.2, 0.25) is 0 Å². The maximum Gasteiger partial charge on any atom is 0.254 e. The van der Waals surface area contributed by atoms with Gasteiger partial charge in [-0.3, -0.25) is 9.78 Å². The number of carbonyl (C=O) groups is 1. The second kappa shape index (κ2) is 8.45. The summed E-state index contributed by atoms with van der Waals surface area (Å²) in [6.07, 6.45) is 3.21. The lowest BCUT2D eigenvalue weighted by Crippen LogP contribution is -2.30. The molecule has 0 atom stereocenters. The molecular formula is C22H18BrN3O3. The summed E-state index contributed by atoms with van der Waals surface area (Å²) in [6, 6.07) is 16.8. The lowest BCUT2D eigenvalue weighted by molar-refractivity contribution is 0.0716. The molecule has 6 nitrogen and oxygen atoms in total. The van der Waals surface area contributed by atoms with Gasteiger partial charge >= 0.3 is 0 Å². The predicted octanol–water partition coefficient (Wildman–Crippen LogP) is 5.24. The van der Waals surface area contributed by atoms with Gasteiger partial charge in [-0.2, -0.15) is 0 Å². The van der Waals surface area contributed by atoms with E-state index in [1.807, 2.05) is 49.4 Å². The Labute approximate surface area is 176 Å². The zero-order valence-electron chi connectivity index (χ0n) is 15.7. The first-order valence-electron chi connectivity index (χ1n) is 9.06. The Balaban J connectivity index is 1.69. The summed E-state index contributed by atoms with van der Waals surface area (Å²) < 4.78 is 11.7. The number of amides is 1. The second-order valence-electron chi connectivity index (χ2n) is 6.53. The first-order chi connectivity index (χ1) is 14.1. The minimum absolute atomic E-state index is 0.125. The van der Waals surface area contributed by atoms with Gasteiger partial charge in [0.25, 0.3) is 5.91 Å². The van der Waals surface area contributed by atoms with Crippen LogP contribution in [0.15, 0.2) is 80.6 Å². The van der Waals surface area contributed by atoms with E-state index in [1.54, 1.807) is 29.4 Å². The van der Waals surface area contributed by atoms with Crippen molar-refractivity contribution < 1.29 is 13.7 Å². The molecule has 0 spiro atoms. The van der Waals surface area contributed by atoms with Gasteiger partial charge < -0.3 is 13.8 Å². The third kappa shape index (κ3) is 4.30. The molecule has 0 aliphatic heterocycles. The van der Waals surface area contributed by atoms with Crippen molar-refractivity contribution in [2.45, 2.75) is 20.0 Å². The molecule has 4 aromatic rings. The van der Waals surface area contributed by atoms with Gasteiger partial charge in [-0.15, -0.1) is 0 Å². The molecule has 29 heavy (non-hydrogen) atoms. The zero-order valence-corrected chi connectivity index (χ0v) is 17.3. The number of nitrogens with zero attached hydrogens (tertiary/aromatic N) is 3. The molecule has 0 radical (unpaired) electrons. The van der Waals surface area contributed by atoms with Crippen LogP contribution in [0, 0.1) is 6.92 Å². The van der Waals surface area contributed by atoms with Crippen molar-refractivity contribution in [3.05, 3.63) is 94.3 Å². The number of halogens is 1. The fourth-order valence-corrected chi connectivity index (χ4v) is 3.43. The monoisotopic (exact) mass is 451 g/mol. The summed E-state index contributed by atoms with van der Waals surface area (Å²) in [6.45, 7) is 2.50. The first kappa shape index (κ1) is 19.1. The lowest BCUT2D eigenvalue weighted by Gasteiger charge is -2.22. The van der Waals surface area contributed by atoms with Crippen molar-refractivity contribution in [1.82, 2.24) is 15.0 Å². The Bertz CT molecular complexity index is 1110. The smallest absolute Gasteiger partial charge is 0.254 e. The van der Waals surface area contributed by atoms with Crippen LogP contribution in [0.25, 0.3) is 11.3 Å². The minimum atomic E-state index is -0.125. The number of benzene rings is 1. The number of pyridine rings is 1. The Morgan fingerprint density at radius 3 is 2.48 bits per heavy atom. The molecule has 0 fully saturated rings. The molecule has 1 aromatic carbocycles. The maximum absolute atomic E-state index is 13.2. The van der Waals surface area contributed by atoms with Crippen LogP contribution in [0.5, 0.6) is 0 Å². The predicted molar refractivity (Wildman–Crippen MR) is 111 cm³/mol. The molecule has 7 heteroatoms. The van der Waals surface area contributed by atoms with Crippen LogP contribution in [0.4, 0.5) is 0 Å². The summed E-state index contributed by atoms with van der Waals surface area (Å²) in [7, 11) is 0. The van der Waals surface area contributed by atoms with Gasteiger partial charge in [-0.1, -0.05) is 35.5 Å². The molecule has 0 bridgehead atoms. The molecule has 0 aliphatic carbocycles. The van der Waals surface area contributed by atoms with Crippen LogP contribution < -0.4 is 0 Å². The fourth-order valence-electron chi connectivity index (χ4n) is 3.09. The first-order valence-corrected chi connectivity index (χ1v) is 9.85. The Morgan fingerprint density at radius 2 is 1.79 bits per heavy atom. The van der Waals surface area contributed by atoms with Crippen molar-refractivity contribution in [2.24, 2.45) is 0 Å². The minimum Gasteiger partial charge on any atom is -0.452 e. The molecule has 4 rings (SSSR count). The second-order valence-corrected chi connectivity index (χ2v) is 7.32. The van der Waals surface area contributed by atoms with Crippen molar-refractivity contribution in [1.29, 1.82) is 0 Å². The van der Waals surface area contributed by atoms with E-state index in [1.165, 1.54) is 0 Å². The zero-order chi connectivity index (χ0) is 20.2. The van der Waals surface area contributed by atoms with Crippen LogP contribution in [-0.2, 0) is 13.1 Å². The van der Waals surface area contributed by atoms with E-state index in [-0.39, 0.29) is 5.91 Å². The summed E-state index contributed by atoms with van der Waals surface area (Å²) in [5, 5.41) is 4.23. The Morgan fingerprint density at radius 1 is 1.03 bits per heavy atom. The van der Waals surface area contributed by atoms with E-state index in [2.05, 4.69) is 26.1 Å². The van der Waals surface area contributed by atoms with Crippen LogP contribution in [0.3, 0.4) is 0 Å². The van der Waals surface area contributed by atoms with Crippen LogP contribution >= 0.6 is 15.9 Å². The molecule has 0 aliphatic rings. The van der Waals surface area contributed by atoms with Gasteiger partial charge in [0.1, 0.15) is 17.2 Å². The molecular weight excluding hydrogens is 434 g/mol. The van der Waals surface area contributed by atoms with Gasteiger partial charge in [-0.05, 0) is 47.1 Å². The van der Waals surface area contributed by atoms with E-state index >= 15 is 0 Å². The number of rotatable bonds is 6. The van der Waals surface area contributed by atoms with Gasteiger partial charge in [0.05, 0.1) is 13.1 Å². The topological polar surface area (TPSA) is 72.4 Å². The van der Waals surface area contributed by atoms with Crippen LogP contribution in [-0.4, -0.2) is 20.9 Å². The van der Waals surface area contributed by atoms with Crippen molar-refractivity contribution in [2.75, 3.05) is 0 Å². The van der Waals surface area contributed by atoms with Crippen molar-refractivity contribution in [3.63, 3.8) is 0 Å². The highest BCUT2D eigenvalue weighted by atomic mass is 79.9. The largest absolute Gasteiger partial charge is 0.452 e. The highest BCUT2D eigenvalue weighted by molar-refractivity contribution is 9.10. The van der Waals surface area contributed by atoms with E-state index in [4.69, 9.17) is 8.94 Å². The average molecular weight is 452 g/mol. The van der Waals surface area contributed by atoms with E-state index in [0.29, 0.717) is 34.8 Å². The summed E-state index contributed by atoms with van der Waals surface area (Å²) >= 11 is 3.32. The number of carbonyl (C=O) groups excluding carboxylic acids is 1. The molecule has 0 saturated heterocycles. The SMILES string of the molecule is Cc1onc(-c2ccccc2)c1CN(Cc1ccc(Br)o1)C(=O)c1ccncc1. The average Bonchev–Trinajstić information content (AvgIpc) is 3.33. The van der Waals surface area contributed by atoms with Crippen LogP contribution in [0.1, 0.15) is 27.4 Å². The summed E-state index contributed by atoms with van der Waals surface area (Å²) in [5.41, 5.74) is 3.10. The molecule has 1 amide bonds. The maximum atomic E-state index is 13.2. The Hall–Kier alpha value is -3.19. The van der Waals surface area contributed by atoms with Gasteiger partial charge in [-0.25, -0.2) is 0 Å². The number of hydrogen-bond acceptors (Lipinski definition) is 5. The van der Waals surface area contributed by atoms with Gasteiger partial charge in [0, 0.05) is 29.1 Å².